The molecule has 2 aromatic carbocycles. The van der Waals surface area contributed by atoms with E-state index < -0.39 is 5.91 Å². The summed E-state index contributed by atoms with van der Waals surface area (Å²) in [4.78, 5) is 15.3. The largest absolute Gasteiger partial charge is 0.372 e. The monoisotopic (exact) mass is 377 g/mol. The van der Waals surface area contributed by atoms with Gasteiger partial charge in [-0.25, -0.2) is 4.98 Å². The van der Waals surface area contributed by atoms with Crippen LogP contribution in [0.3, 0.4) is 0 Å². The van der Waals surface area contributed by atoms with Crippen LogP contribution in [0.4, 0.5) is 0 Å². The fourth-order valence-electron chi connectivity index (χ4n) is 3.18. The lowest BCUT2D eigenvalue weighted by molar-refractivity contribution is 0.0222. The van der Waals surface area contributed by atoms with Crippen LogP contribution >= 0.6 is 0 Å². The van der Waals surface area contributed by atoms with E-state index in [1.54, 1.807) is 12.5 Å². The highest BCUT2D eigenvalue weighted by Crippen LogP contribution is 2.14. The van der Waals surface area contributed by atoms with Gasteiger partial charge in [-0.15, -0.1) is 0 Å². The molecule has 0 aliphatic carbocycles. The van der Waals surface area contributed by atoms with Crippen molar-refractivity contribution in [1.29, 1.82) is 0 Å². The van der Waals surface area contributed by atoms with Crippen molar-refractivity contribution in [3.05, 3.63) is 90.0 Å². The summed E-state index contributed by atoms with van der Waals surface area (Å²) in [5, 5.41) is 0. The van der Waals surface area contributed by atoms with Crippen LogP contribution in [0.5, 0.6) is 0 Å². The number of benzene rings is 2. The highest BCUT2D eigenvalue weighted by molar-refractivity contribution is 5.90. The van der Waals surface area contributed by atoms with Gasteiger partial charge in [0.25, 0.3) is 5.91 Å². The number of nitrogens with zero attached hydrogens (tertiary/aromatic N) is 2. The van der Waals surface area contributed by atoms with Gasteiger partial charge in [-0.1, -0.05) is 67.1 Å². The van der Waals surface area contributed by atoms with E-state index in [4.69, 9.17) is 10.5 Å². The molecule has 0 fully saturated rings. The van der Waals surface area contributed by atoms with Gasteiger partial charge < -0.3 is 15.0 Å². The first-order chi connectivity index (χ1) is 13.7. The average Bonchev–Trinajstić information content (AvgIpc) is 3.20. The topological polar surface area (TPSA) is 70.1 Å². The molecule has 0 spiro atoms. The highest BCUT2D eigenvalue weighted by Gasteiger charge is 2.13. The molecule has 0 radical (unpaired) electrons. The lowest BCUT2D eigenvalue weighted by Gasteiger charge is -2.19. The molecule has 3 aromatic rings. The van der Waals surface area contributed by atoms with Gasteiger partial charge in [-0.05, 0) is 30.4 Å². The molecule has 146 valence electrons. The van der Waals surface area contributed by atoms with E-state index in [1.807, 2.05) is 28.8 Å². The van der Waals surface area contributed by atoms with Crippen molar-refractivity contribution in [2.75, 3.05) is 0 Å². The van der Waals surface area contributed by atoms with E-state index >= 15 is 0 Å². The molecule has 3 rings (SSSR count). The fraction of sp³-hybridized carbons (Fsp3) is 0.304. The SMILES string of the molecule is NC(=O)c1cn(C[C@H](CCCCc2ccccc2)OCc2ccccc2)cn1. The number of carbonyl (C=O) groups excluding carboxylic acids is 1. The smallest absolute Gasteiger partial charge is 0.268 e. The number of nitrogens with two attached hydrogens (primary N) is 1. The van der Waals surface area contributed by atoms with Crippen LogP contribution < -0.4 is 5.73 Å². The third kappa shape index (κ3) is 6.35. The second kappa shape index (κ2) is 10.4. The van der Waals surface area contributed by atoms with Crippen molar-refractivity contribution in [3.63, 3.8) is 0 Å². The van der Waals surface area contributed by atoms with Crippen molar-refractivity contribution < 1.29 is 9.53 Å². The Bertz CT molecular complexity index is 847. The summed E-state index contributed by atoms with van der Waals surface area (Å²) >= 11 is 0. The Morgan fingerprint density at radius 1 is 1.00 bits per heavy atom. The molecule has 0 aliphatic heterocycles. The van der Waals surface area contributed by atoms with E-state index in [0.29, 0.717) is 13.2 Å². The summed E-state index contributed by atoms with van der Waals surface area (Å²) in [7, 11) is 0. The van der Waals surface area contributed by atoms with E-state index in [-0.39, 0.29) is 11.8 Å². The third-order valence-corrected chi connectivity index (χ3v) is 4.71. The number of carbonyl (C=O) groups is 1. The van der Waals surface area contributed by atoms with Crippen LogP contribution in [0, 0.1) is 0 Å². The number of rotatable bonds is 11. The Kier molecular flexibility index (Phi) is 7.38. The predicted molar refractivity (Wildman–Crippen MR) is 110 cm³/mol. The summed E-state index contributed by atoms with van der Waals surface area (Å²) < 4.78 is 8.07. The maximum absolute atomic E-state index is 11.3. The molecular formula is C23H27N3O2. The van der Waals surface area contributed by atoms with Crippen LogP contribution in [-0.2, 0) is 24.3 Å². The molecule has 2 N–H and O–H groups in total. The van der Waals surface area contributed by atoms with Crippen molar-refractivity contribution in [1.82, 2.24) is 9.55 Å². The fourth-order valence-corrected chi connectivity index (χ4v) is 3.18. The minimum atomic E-state index is -0.511. The lowest BCUT2D eigenvalue weighted by atomic mass is 10.1. The zero-order chi connectivity index (χ0) is 19.6. The molecule has 0 saturated heterocycles. The number of amides is 1. The van der Waals surface area contributed by atoms with Crippen LogP contribution in [0.15, 0.2) is 73.2 Å². The second-order valence-corrected chi connectivity index (χ2v) is 6.97. The van der Waals surface area contributed by atoms with Crippen LogP contribution in [-0.4, -0.2) is 21.6 Å². The van der Waals surface area contributed by atoms with E-state index in [2.05, 4.69) is 41.4 Å². The number of unbranched alkanes of at least 4 members (excludes halogenated alkanes) is 1. The van der Waals surface area contributed by atoms with Gasteiger partial charge in [0.05, 0.1) is 19.0 Å². The maximum Gasteiger partial charge on any atom is 0.268 e. The summed E-state index contributed by atoms with van der Waals surface area (Å²) in [5.41, 5.74) is 8.10. The van der Waals surface area contributed by atoms with Crippen molar-refractivity contribution in [3.8, 4) is 0 Å². The van der Waals surface area contributed by atoms with Crippen molar-refractivity contribution in [2.45, 2.75) is 44.9 Å². The van der Waals surface area contributed by atoms with Gasteiger partial charge in [0, 0.05) is 12.7 Å². The van der Waals surface area contributed by atoms with Crippen molar-refractivity contribution >= 4 is 5.91 Å². The molecule has 1 aromatic heterocycles. The Hall–Kier alpha value is -2.92. The summed E-state index contributed by atoms with van der Waals surface area (Å²) in [5.74, 6) is -0.511. The Morgan fingerprint density at radius 2 is 1.68 bits per heavy atom. The quantitative estimate of drug-likeness (QED) is 0.514. The number of primary amides is 1. The average molecular weight is 377 g/mol. The number of imidazole rings is 1. The molecule has 0 bridgehead atoms. The normalized spacial score (nSPS) is 12.0. The van der Waals surface area contributed by atoms with Crippen LogP contribution in [0.2, 0.25) is 0 Å². The third-order valence-electron chi connectivity index (χ3n) is 4.71. The second-order valence-electron chi connectivity index (χ2n) is 6.97. The van der Waals surface area contributed by atoms with E-state index in [1.165, 1.54) is 5.56 Å². The Balaban J connectivity index is 1.54. The number of aryl methyl sites for hydroxylation is 1. The lowest BCUT2D eigenvalue weighted by Crippen LogP contribution is -2.20. The number of aromatic nitrogens is 2. The van der Waals surface area contributed by atoms with Gasteiger partial charge in [0.1, 0.15) is 5.69 Å². The standard InChI is InChI=1S/C23H27N3O2/c24-23(27)22-16-26(18-25-22)15-21(28-17-20-12-5-2-6-13-20)14-8-7-11-19-9-3-1-4-10-19/h1-6,9-10,12-13,16,18,21H,7-8,11,14-15,17H2,(H2,24,27)/t21-/m0/s1. The molecule has 1 heterocycles. The zero-order valence-corrected chi connectivity index (χ0v) is 16.0. The maximum atomic E-state index is 11.3. The molecule has 0 saturated carbocycles. The summed E-state index contributed by atoms with van der Waals surface area (Å²) in [6.45, 7) is 1.22. The molecule has 5 heteroatoms. The number of ether oxygens (including phenoxy) is 1. The first-order valence-electron chi connectivity index (χ1n) is 9.72. The summed E-state index contributed by atoms with van der Waals surface area (Å²) in [6, 6.07) is 20.7. The van der Waals surface area contributed by atoms with E-state index in [0.717, 1.165) is 31.2 Å². The first kappa shape index (κ1) is 19.8. The van der Waals surface area contributed by atoms with E-state index in [9.17, 15) is 4.79 Å². The molecule has 0 aliphatic rings. The van der Waals surface area contributed by atoms with Crippen molar-refractivity contribution in [2.24, 2.45) is 5.73 Å². The number of hydrogen-bond acceptors (Lipinski definition) is 3. The number of hydrogen-bond donors (Lipinski definition) is 1. The van der Waals surface area contributed by atoms with Gasteiger partial charge >= 0.3 is 0 Å². The minimum absolute atomic E-state index is 0.0471. The molecule has 1 amide bonds. The molecule has 5 nitrogen and oxygen atoms in total. The van der Waals surface area contributed by atoms with Gasteiger partial charge in [-0.2, -0.15) is 0 Å². The molecule has 1 atom stereocenters. The minimum Gasteiger partial charge on any atom is -0.372 e. The molecule has 28 heavy (non-hydrogen) atoms. The molecular weight excluding hydrogens is 350 g/mol. The van der Waals surface area contributed by atoms with Crippen LogP contribution in [0.1, 0.15) is 40.9 Å². The first-order valence-corrected chi connectivity index (χ1v) is 9.72. The Morgan fingerprint density at radius 3 is 2.32 bits per heavy atom. The van der Waals surface area contributed by atoms with Gasteiger partial charge in [-0.3, -0.25) is 4.79 Å². The Labute approximate surface area is 166 Å². The predicted octanol–water partition coefficient (Wildman–Crippen LogP) is 3.98. The molecule has 0 unspecified atom stereocenters. The van der Waals surface area contributed by atoms with Gasteiger partial charge in [0.2, 0.25) is 0 Å². The highest BCUT2D eigenvalue weighted by atomic mass is 16.5. The summed E-state index contributed by atoms with van der Waals surface area (Å²) in [6.07, 6.45) is 7.59. The van der Waals surface area contributed by atoms with Gasteiger partial charge in [0.15, 0.2) is 0 Å². The van der Waals surface area contributed by atoms with Crippen LogP contribution in [0.25, 0.3) is 0 Å². The zero-order valence-electron chi connectivity index (χ0n) is 16.0.